The van der Waals surface area contributed by atoms with Gasteiger partial charge < -0.3 is 5.11 Å². The molecule has 0 aliphatic heterocycles. The highest BCUT2D eigenvalue weighted by molar-refractivity contribution is 5.68. The maximum Gasteiger partial charge on any atom is 0.305 e. The van der Waals surface area contributed by atoms with Crippen molar-refractivity contribution in [2.45, 2.75) is 19.3 Å². The molecule has 0 aliphatic rings. The Kier molecular flexibility index (Phi) is 3.24. The first-order valence-electron chi connectivity index (χ1n) is 4.31. The number of nitrogens with zero attached hydrogens (tertiary/aromatic N) is 1. The minimum absolute atomic E-state index is 0.139. The molecular weight excluding hydrogens is 178 g/mol. The highest BCUT2D eigenvalue weighted by Crippen LogP contribution is 2.18. The van der Waals surface area contributed by atoms with Crippen LogP contribution in [0.4, 0.5) is 0 Å². The van der Waals surface area contributed by atoms with Crippen LogP contribution in [0.25, 0.3) is 0 Å². The molecule has 0 radical (unpaired) electrons. The van der Waals surface area contributed by atoms with Gasteiger partial charge in [-0.1, -0.05) is 29.8 Å². The molecule has 1 N–H and O–H groups in total. The van der Waals surface area contributed by atoms with Gasteiger partial charge in [-0.3, -0.25) is 4.79 Å². The van der Waals surface area contributed by atoms with E-state index in [9.17, 15) is 4.79 Å². The molecule has 3 heteroatoms. The zero-order valence-corrected chi connectivity index (χ0v) is 7.90. The van der Waals surface area contributed by atoms with Crippen molar-refractivity contribution in [1.82, 2.24) is 0 Å². The highest BCUT2D eigenvalue weighted by atomic mass is 16.4. The van der Waals surface area contributed by atoms with E-state index >= 15 is 0 Å². The zero-order chi connectivity index (χ0) is 10.6. The van der Waals surface area contributed by atoms with E-state index in [1.807, 2.05) is 25.1 Å². The molecule has 0 aliphatic carbocycles. The van der Waals surface area contributed by atoms with Crippen LogP contribution >= 0.6 is 0 Å². The lowest BCUT2D eigenvalue weighted by molar-refractivity contribution is -0.137. The first kappa shape index (κ1) is 10.3. The molecule has 0 unspecified atom stereocenters. The molecule has 72 valence electrons. The van der Waals surface area contributed by atoms with Gasteiger partial charge in [-0.15, -0.1) is 0 Å². The number of benzene rings is 1. The first-order valence-corrected chi connectivity index (χ1v) is 4.31. The van der Waals surface area contributed by atoms with Crippen LogP contribution in [-0.4, -0.2) is 11.1 Å². The van der Waals surface area contributed by atoms with Crippen LogP contribution in [0.2, 0.25) is 0 Å². The largest absolute Gasteiger partial charge is 0.481 e. The van der Waals surface area contributed by atoms with Crippen molar-refractivity contribution in [3.8, 4) is 6.07 Å². The predicted octanol–water partition coefficient (Wildman–Crippen LogP) is 2.08. The molecule has 3 nitrogen and oxygen atoms in total. The van der Waals surface area contributed by atoms with Crippen molar-refractivity contribution in [3.05, 3.63) is 35.4 Å². The molecule has 0 spiro atoms. The molecule has 0 bridgehead atoms. The summed E-state index contributed by atoms with van der Waals surface area (Å²) in [5.41, 5.74) is 1.86. The maximum absolute atomic E-state index is 10.5. The van der Waals surface area contributed by atoms with Crippen LogP contribution in [0.3, 0.4) is 0 Å². The highest BCUT2D eigenvalue weighted by Gasteiger charge is 2.13. The first-order chi connectivity index (χ1) is 6.63. The average Bonchev–Trinajstić information content (AvgIpc) is 2.15. The zero-order valence-electron chi connectivity index (χ0n) is 7.90. The van der Waals surface area contributed by atoms with Crippen molar-refractivity contribution >= 4 is 5.97 Å². The number of aliphatic carboxylic acids is 1. The van der Waals surface area contributed by atoms with Crippen molar-refractivity contribution in [1.29, 1.82) is 5.26 Å². The van der Waals surface area contributed by atoms with E-state index in [1.165, 1.54) is 0 Å². The second kappa shape index (κ2) is 4.43. The minimum Gasteiger partial charge on any atom is -0.481 e. The summed E-state index contributed by atoms with van der Waals surface area (Å²) < 4.78 is 0. The maximum atomic E-state index is 10.5. The topological polar surface area (TPSA) is 61.1 Å². The third kappa shape index (κ3) is 2.60. The van der Waals surface area contributed by atoms with Gasteiger partial charge in [0.15, 0.2) is 0 Å². The van der Waals surface area contributed by atoms with Crippen LogP contribution in [0, 0.1) is 18.3 Å². The molecular formula is C11H11NO2. The summed E-state index contributed by atoms with van der Waals surface area (Å²) in [6.45, 7) is 1.95. The fourth-order valence-electron chi connectivity index (χ4n) is 1.21. The molecule has 1 aromatic carbocycles. The fraction of sp³-hybridized carbons (Fsp3) is 0.273. The van der Waals surface area contributed by atoms with E-state index in [0.29, 0.717) is 0 Å². The van der Waals surface area contributed by atoms with Gasteiger partial charge in [-0.2, -0.15) is 5.26 Å². The molecule has 0 fully saturated rings. The second-order valence-electron chi connectivity index (χ2n) is 3.19. The molecule has 1 rings (SSSR count). The van der Waals surface area contributed by atoms with Crippen LogP contribution in [0.15, 0.2) is 24.3 Å². The molecule has 0 heterocycles. The summed E-state index contributed by atoms with van der Waals surface area (Å²) in [7, 11) is 0. The standard InChI is InChI=1S/C11H11NO2/c1-8-2-4-9(5-3-8)10(7-12)6-11(13)14/h2-5,10H,6H2,1H3,(H,13,14)/t10-/m0/s1. The van der Waals surface area contributed by atoms with E-state index in [1.54, 1.807) is 12.1 Å². The average molecular weight is 189 g/mol. The Balaban J connectivity index is 2.85. The summed E-state index contributed by atoms with van der Waals surface area (Å²) >= 11 is 0. The molecule has 0 amide bonds. The smallest absolute Gasteiger partial charge is 0.305 e. The van der Waals surface area contributed by atoms with Gasteiger partial charge >= 0.3 is 5.97 Å². The Morgan fingerprint density at radius 2 is 2.07 bits per heavy atom. The van der Waals surface area contributed by atoms with E-state index in [0.717, 1.165) is 11.1 Å². The third-order valence-electron chi connectivity index (χ3n) is 2.01. The van der Waals surface area contributed by atoms with Gasteiger partial charge in [0.05, 0.1) is 18.4 Å². The van der Waals surface area contributed by atoms with Crippen LogP contribution in [-0.2, 0) is 4.79 Å². The van der Waals surface area contributed by atoms with Crippen molar-refractivity contribution < 1.29 is 9.90 Å². The number of aryl methyl sites for hydroxylation is 1. The second-order valence-corrected chi connectivity index (χ2v) is 3.19. The molecule has 0 saturated heterocycles. The minimum atomic E-state index is -0.947. The monoisotopic (exact) mass is 189 g/mol. The Labute approximate surface area is 82.6 Å². The number of carbonyl (C=O) groups is 1. The van der Waals surface area contributed by atoms with Gasteiger partial charge in [-0.25, -0.2) is 0 Å². The molecule has 0 aromatic heterocycles. The predicted molar refractivity (Wildman–Crippen MR) is 51.8 cm³/mol. The number of nitriles is 1. The number of hydrogen-bond acceptors (Lipinski definition) is 2. The van der Waals surface area contributed by atoms with E-state index in [2.05, 4.69) is 0 Å². The van der Waals surface area contributed by atoms with Gasteiger partial charge in [0.2, 0.25) is 0 Å². The molecule has 1 atom stereocenters. The van der Waals surface area contributed by atoms with Gasteiger partial charge in [0.25, 0.3) is 0 Å². The van der Waals surface area contributed by atoms with Crippen LogP contribution in [0.1, 0.15) is 23.5 Å². The summed E-state index contributed by atoms with van der Waals surface area (Å²) in [6, 6.07) is 9.34. The molecule has 14 heavy (non-hydrogen) atoms. The van der Waals surface area contributed by atoms with Crippen LogP contribution < -0.4 is 0 Å². The van der Waals surface area contributed by atoms with Gasteiger partial charge in [-0.05, 0) is 12.5 Å². The summed E-state index contributed by atoms with van der Waals surface area (Å²) in [6.07, 6.45) is -0.139. The normalized spacial score (nSPS) is 11.7. The SMILES string of the molecule is Cc1ccc([C@H](C#N)CC(=O)O)cc1. The molecule has 0 saturated carbocycles. The van der Waals surface area contributed by atoms with Crippen molar-refractivity contribution in [2.75, 3.05) is 0 Å². The number of carboxylic acids is 1. The van der Waals surface area contributed by atoms with Crippen molar-refractivity contribution in [2.24, 2.45) is 0 Å². The summed E-state index contributed by atoms with van der Waals surface area (Å²) in [4.78, 5) is 10.5. The van der Waals surface area contributed by atoms with Crippen LogP contribution in [0.5, 0.6) is 0 Å². The Bertz CT molecular complexity index is 362. The van der Waals surface area contributed by atoms with E-state index in [-0.39, 0.29) is 6.42 Å². The Morgan fingerprint density at radius 3 is 2.50 bits per heavy atom. The van der Waals surface area contributed by atoms with Gasteiger partial charge in [0.1, 0.15) is 0 Å². The Hall–Kier alpha value is -1.82. The fourth-order valence-corrected chi connectivity index (χ4v) is 1.21. The number of carboxylic acid groups (broad SMARTS) is 1. The van der Waals surface area contributed by atoms with E-state index in [4.69, 9.17) is 10.4 Å². The van der Waals surface area contributed by atoms with E-state index < -0.39 is 11.9 Å². The molecule has 1 aromatic rings. The lowest BCUT2D eigenvalue weighted by Gasteiger charge is -2.06. The van der Waals surface area contributed by atoms with Crippen molar-refractivity contribution in [3.63, 3.8) is 0 Å². The van der Waals surface area contributed by atoms with Gasteiger partial charge in [0, 0.05) is 0 Å². The lowest BCUT2D eigenvalue weighted by Crippen LogP contribution is -2.04. The summed E-state index contributed by atoms with van der Waals surface area (Å²) in [5.74, 6) is -1.50. The Morgan fingerprint density at radius 1 is 1.50 bits per heavy atom. The number of rotatable bonds is 3. The third-order valence-corrected chi connectivity index (χ3v) is 2.01. The number of hydrogen-bond donors (Lipinski definition) is 1. The quantitative estimate of drug-likeness (QED) is 0.791. The lowest BCUT2D eigenvalue weighted by atomic mass is 9.96. The summed E-state index contributed by atoms with van der Waals surface area (Å²) in [5, 5.41) is 17.4.